The molecule has 0 saturated heterocycles. The Morgan fingerprint density at radius 3 is 2.27 bits per heavy atom. The molecule has 172 valence electrons. The van der Waals surface area contributed by atoms with Crippen molar-refractivity contribution in [2.24, 2.45) is 0 Å². The lowest BCUT2D eigenvalue weighted by Crippen LogP contribution is -2.27. The molecule has 0 saturated carbocycles. The molecule has 3 aromatic rings. The number of hydrogen-bond donors (Lipinski definition) is 3. The fourth-order valence-corrected chi connectivity index (χ4v) is 3.59. The van der Waals surface area contributed by atoms with Gasteiger partial charge in [0.25, 0.3) is 11.8 Å². The third-order valence-corrected chi connectivity index (χ3v) is 5.24. The van der Waals surface area contributed by atoms with E-state index in [9.17, 15) is 14.4 Å². The second kappa shape index (κ2) is 10.2. The highest BCUT2D eigenvalue weighted by Crippen LogP contribution is 2.22. The van der Waals surface area contributed by atoms with Gasteiger partial charge in [-0.15, -0.1) is 0 Å². The molecule has 0 aliphatic carbocycles. The number of rotatable bonds is 7. The molecule has 1 heterocycles. The summed E-state index contributed by atoms with van der Waals surface area (Å²) in [5.74, 6) is -0.988. The largest absolute Gasteiger partial charge is 0.459 e. The number of esters is 1. The Kier molecular flexibility index (Phi) is 7.33. The summed E-state index contributed by atoms with van der Waals surface area (Å²) in [6.45, 7) is 8.87. The topological polar surface area (TPSA) is 100 Å². The minimum absolute atomic E-state index is 0.206. The molecule has 0 bridgehead atoms. The predicted molar refractivity (Wildman–Crippen MR) is 128 cm³/mol. The van der Waals surface area contributed by atoms with Crippen LogP contribution in [0.3, 0.4) is 0 Å². The number of carbonyl (C=O) groups excluding carboxylic acids is 3. The minimum atomic E-state index is -0.454. The van der Waals surface area contributed by atoms with Crippen LogP contribution in [0.2, 0.25) is 0 Å². The summed E-state index contributed by atoms with van der Waals surface area (Å²) >= 11 is 0. The Morgan fingerprint density at radius 2 is 1.61 bits per heavy atom. The zero-order chi connectivity index (χ0) is 24.1. The fourth-order valence-electron chi connectivity index (χ4n) is 3.59. The molecule has 7 heteroatoms. The van der Waals surface area contributed by atoms with Gasteiger partial charge in [-0.3, -0.25) is 9.59 Å². The van der Waals surface area contributed by atoms with Crippen LogP contribution in [0.5, 0.6) is 0 Å². The summed E-state index contributed by atoms with van der Waals surface area (Å²) in [4.78, 5) is 40.8. The molecule has 0 spiro atoms. The molecule has 0 aliphatic heterocycles. The molecule has 0 fully saturated rings. The highest BCUT2D eigenvalue weighted by molar-refractivity contribution is 6.04. The second-order valence-electron chi connectivity index (χ2n) is 8.22. The van der Waals surface area contributed by atoms with Gasteiger partial charge in [-0.05, 0) is 70.0 Å². The predicted octanol–water partition coefficient (Wildman–Crippen LogP) is 4.94. The molecule has 0 aliphatic rings. The highest BCUT2D eigenvalue weighted by atomic mass is 16.5. The number of carbonyl (C=O) groups is 3. The van der Waals surface area contributed by atoms with Crippen LogP contribution >= 0.6 is 0 Å². The standard InChI is InChI=1S/C26H29N3O4/c1-15(2)33-26(32)22-16(3)23(27-18(22)5)25(31)28-17(4)20-12-9-13-21(14-20)29-24(30)19-10-7-6-8-11-19/h6-15,17,27H,1-5H3,(H,28,31)(H,29,30). The van der Waals surface area contributed by atoms with Gasteiger partial charge in [0.1, 0.15) is 5.69 Å². The number of ether oxygens (including phenoxy) is 1. The monoisotopic (exact) mass is 447 g/mol. The molecule has 3 N–H and O–H groups in total. The Balaban J connectivity index is 1.72. The van der Waals surface area contributed by atoms with Crippen molar-refractivity contribution in [1.82, 2.24) is 10.3 Å². The average molecular weight is 448 g/mol. The highest BCUT2D eigenvalue weighted by Gasteiger charge is 2.24. The first kappa shape index (κ1) is 23.8. The fraction of sp³-hybridized carbons (Fsp3) is 0.269. The van der Waals surface area contributed by atoms with Gasteiger partial charge in [0.15, 0.2) is 0 Å². The number of aryl methyl sites for hydroxylation is 1. The molecule has 1 atom stereocenters. The SMILES string of the molecule is Cc1[nH]c(C(=O)NC(C)c2cccc(NC(=O)c3ccccc3)c2)c(C)c1C(=O)OC(C)C. The number of aromatic nitrogens is 1. The zero-order valence-electron chi connectivity index (χ0n) is 19.5. The summed E-state index contributed by atoms with van der Waals surface area (Å²) in [6, 6.07) is 15.9. The van der Waals surface area contributed by atoms with Gasteiger partial charge >= 0.3 is 5.97 Å². The van der Waals surface area contributed by atoms with Gasteiger partial charge in [0, 0.05) is 16.9 Å². The average Bonchev–Trinajstić information content (AvgIpc) is 3.08. The summed E-state index contributed by atoms with van der Waals surface area (Å²) in [5, 5.41) is 5.83. The second-order valence-corrected chi connectivity index (χ2v) is 8.22. The molecule has 2 amide bonds. The van der Waals surface area contributed by atoms with Gasteiger partial charge in [-0.25, -0.2) is 4.79 Å². The number of hydrogen-bond acceptors (Lipinski definition) is 4. The van der Waals surface area contributed by atoms with Crippen LogP contribution in [0.4, 0.5) is 5.69 Å². The van der Waals surface area contributed by atoms with Crippen molar-refractivity contribution in [3.05, 3.63) is 88.2 Å². The molecule has 0 radical (unpaired) electrons. The maximum absolute atomic E-state index is 12.9. The molecule has 1 unspecified atom stereocenters. The maximum atomic E-state index is 12.9. The van der Waals surface area contributed by atoms with E-state index >= 15 is 0 Å². The number of aromatic amines is 1. The van der Waals surface area contributed by atoms with Gasteiger partial charge in [0.05, 0.1) is 17.7 Å². The first-order chi connectivity index (χ1) is 15.7. The quantitative estimate of drug-likeness (QED) is 0.447. The number of H-pyrrole nitrogens is 1. The van der Waals surface area contributed by atoms with Crippen molar-refractivity contribution >= 4 is 23.5 Å². The van der Waals surface area contributed by atoms with E-state index in [1.807, 2.05) is 31.2 Å². The third kappa shape index (κ3) is 5.68. The van der Waals surface area contributed by atoms with E-state index < -0.39 is 5.97 Å². The van der Waals surface area contributed by atoms with Crippen LogP contribution in [0, 0.1) is 13.8 Å². The number of anilines is 1. The summed E-state index contributed by atoms with van der Waals surface area (Å²) < 4.78 is 5.29. The van der Waals surface area contributed by atoms with E-state index in [0.29, 0.717) is 33.8 Å². The van der Waals surface area contributed by atoms with E-state index in [1.54, 1.807) is 58.0 Å². The first-order valence-electron chi connectivity index (χ1n) is 10.8. The minimum Gasteiger partial charge on any atom is -0.459 e. The summed E-state index contributed by atoms with van der Waals surface area (Å²) in [7, 11) is 0. The van der Waals surface area contributed by atoms with Gasteiger partial charge in [-0.1, -0.05) is 30.3 Å². The van der Waals surface area contributed by atoms with Gasteiger partial charge in [-0.2, -0.15) is 0 Å². The van der Waals surface area contributed by atoms with Crippen molar-refractivity contribution in [1.29, 1.82) is 0 Å². The smallest absolute Gasteiger partial charge is 0.340 e. The lowest BCUT2D eigenvalue weighted by atomic mass is 10.1. The zero-order valence-corrected chi connectivity index (χ0v) is 19.5. The lowest BCUT2D eigenvalue weighted by Gasteiger charge is -2.16. The van der Waals surface area contributed by atoms with Gasteiger partial charge < -0.3 is 20.4 Å². The van der Waals surface area contributed by atoms with Crippen LogP contribution in [-0.2, 0) is 4.74 Å². The molecular weight excluding hydrogens is 418 g/mol. The molecular formula is C26H29N3O4. The van der Waals surface area contributed by atoms with Crippen LogP contribution in [0.25, 0.3) is 0 Å². The van der Waals surface area contributed by atoms with Crippen molar-refractivity contribution in [3.8, 4) is 0 Å². The summed E-state index contributed by atoms with van der Waals surface area (Å²) in [6.07, 6.45) is -0.252. The van der Waals surface area contributed by atoms with Crippen molar-refractivity contribution in [2.45, 2.75) is 46.8 Å². The van der Waals surface area contributed by atoms with Crippen LogP contribution in [-0.4, -0.2) is 28.9 Å². The van der Waals surface area contributed by atoms with Crippen molar-refractivity contribution < 1.29 is 19.1 Å². The van der Waals surface area contributed by atoms with E-state index in [4.69, 9.17) is 4.74 Å². The molecule has 7 nitrogen and oxygen atoms in total. The van der Waals surface area contributed by atoms with E-state index in [0.717, 1.165) is 5.56 Å². The van der Waals surface area contributed by atoms with E-state index in [-0.39, 0.29) is 24.0 Å². The van der Waals surface area contributed by atoms with Crippen LogP contribution in [0.15, 0.2) is 54.6 Å². The lowest BCUT2D eigenvalue weighted by molar-refractivity contribution is 0.0376. The molecule has 2 aromatic carbocycles. The van der Waals surface area contributed by atoms with E-state index in [2.05, 4.69) is 15.6 Å². The van der Waals surface area contributed by atoms with Crippen molar-refractivity contribution in [2.75, 3.05) is 5.32 Å². The Bertz CT molecular complexity index is 1170. The molecule has 1 aromatic heterocycles. The Labute approximate surface area is 193 Å². The third-order valence-electron chi connectivity index (χ3n) is 5.24. The van der Waals surface area contributed by atoms with Crippen molar-refractivity contribution in [3.63, 3.8) is 0 Å². The number of amides is 2. The summed E-state index contributed by atoms with van der Waals surface area (Å²) in [5.41, 5.74) is 3.86. The van der Waals surface area contributed by atoms with Gasteiger partial charge in [0.2, 0.25) is 0 Å². The number of nitrogens with one attached hydrogen (secondary N) is 3. The Hall–Kier alpha value is -3.87. The maximum Gasteiger partial charge on any atom is 0.340 e. The number of benzene rings is 2. The normalized spacial score (nSPS) is 11.7. The van der Waals surface area contributed by atoms with Crippen LogP contribution in [0.1, 0.15) is 74.8 Å². The van der Waals surface area contributed by atoms with E-state index in [1.165, 1.54) is 0 Å². The van der Waals surface area contributed by atoms with Crippen LogP contribution < -0.4 is 10.6 Å². The molecule has 3 rings (SSSR count). The molecule has 33 heavy (non-hydrogen) atoms. The Morgan fingerprint density at radius 1 is 0.909 bits per heavy atom. The first-order valence-corrected chi connectivity index (χ1v) is 10.8.